The van der Waals surface area contributed by atoms with E-state index in [-0.39, 0.29) is 11.5 Å². The van der Waals surface area contributed by atoms with Gasteiger partial charge in [-0.15, -0.1) is 0 Å². The van der Waals surface area contributed by atoms with Crippen molar-refractivity contribution in [1.82, 2.24) is 5.43 Å². The number of hydrazone groups is 1. The van der Waals surface area contributed by atoms with Gasteiger partial charge < -0.3 is 14.2 Å². The number of carbonyl (C=O) groups excluding carboxylic acids is 2. The SMILES string of the molecule is COC(=O)COc1ccc(/C=N\NC(=O)CN(c2ccccc2)S(=O)(=O)c2ccc(OC)cc2)cc1. The molecule has 0 atom stereocenters. The van der Waals surface area contributed by atoms with Crippen LogP contribution in [-0.2, 0) is 24.3 Å². The maximum Gasteiger partial charge on any atom is 0.343 e. The van der Waals surface area contributed by atoms with Gasteiger partial charge in [-0.05, 0) is 66.2 Å². The van der Waals surface area contributed by atoms with Gasteiger partial charge in [0, 0.05) is 0 Å². The molecule has 0 spiro atoms. The highest BCUT2D eigenvalue weighted by atomic mass is 32.2. The molecule has 3 aromatic carbocycles. The molecule has 0 unspecified atom stereocenters. The molecule has 0 heterocycles. The number of benzene rings is 3. The number of nitrogens with one attached hydrogen (secondary N) is 1. The van der Waals surface area contributed by atoms with Crippen molar-refractivity contribution in [1.29, 1.82) is 0 Å². The van der Waals surface area contributed by atoms with E-state index in [0.717, 1.165) is 4.31 Å². The molecule has 0 aliphatic rings. The smallest absolute Gasteiger partial charge is 0.343 e. The Labute approximate surface area is 209 Å². The number of rotatable bonds is 11. The molecule has 0 radical (unpaired) electrons. The molecule has 0 saturated carbocycles. The summed E-state index contributed by atoms with van der Waals surface area (Å²) in [4.78, 5) is 23.8. The quantitative estimate of drug-likeness (QED) is 0.238. The molecule has 0 saturated heterocycles. The predicted molar refractivity (Wildman–Crippen MR) is 134 cm³/mol. The molecule has 3 rings (SSSR count). The third-order valence-electron chi connectivity index (χ3n) is 4.85. The predicted octanol–water partition coefficient (Wildman–Crippen LogP) is 2.59. The number of para-hydroxylation sites is 1. The van der Waals surface area contributed by atoms with E-state index in [1.807, 2.05) is 0 Å². The summed E-state index contributed by atoms with van der Waals surface area (Å²) < 4.78 is 42.5. The first-order valence-corrected chi connectivity index (χ1v) is 12.1. The molecular weight excluding hydrogens is 486 g/mol. The first-order chi connectivity index (χ1) is 17.3. The number of methoxy groups -OCH3 is 2. The zero-order valence-corrected chi connectivity index (χ0v) is 20.5. The normalized spacial score (nSPS) is 11.1. The number of hydrogen-bond donors (Lipinski definition) is 1. The van der Waals surface area contributed by atoms with Crippen LogP contribution in [-0.4, -0.2) is 53.9 Å². The molecule has 0 bridgehead atoms. The number of sulfonamides is 1. The lowest BCUT2D eigenvalue weighted by atomic mass is 10.2. The number of esters is 1. The van der Waals surface area contributed by atoms with Gasteiger partial charge in [0.15, 0.2) is 6.61 Å². The summed E-state index contributed by atoms with van der Waals surface area (Å²) >= 11 is 0. The van der Waals surface area contributed by atoms with Crippen LogP contribution in [0.4, 0.5) is 5.69 Å². The highest BCUT2D eigenvalue weighted by Gasteiger charge is 2.27. The summed E-state index contributed by atoms with van der Waals surface area (Å²) in [6, 6.07) is 20.8. The molecule has 10 nitrogen and oxygen atoms in total. The molecule has 0 aliphatic heterocycles. The topological polar surface area (TPSA) is 124 Å². The molecule has 0 aliphatic carbocycles. The van der Waals surface area contributed by atoms with Gasteiger partial charge in [-0.3, -0.25) is 9.10 Å². The third-order valence-corrected chi connectivity index (χ3v) is 6.63. The van der Waals surface area contributed by atoms with E-state index in [1.165, 1.54) is 44.7 Å². The van der Waals surface area contributed by atoms with Crippen LogP contribution >= 0.6 is 0 Å². The van der Waals surface area contributed by atoms with Crippen LogP contribution in [0.1, 0.15) is 5.56 Å². The lowest BCUT2D eigenvalue weighted by Gasteiger charge is -2.23. The minimum Gasteiger partial charge on any atom is -0.497 e. The van der Waals surface area contributed by atoms with Crippen LogP contribution in [0, 0.1) is 0 Å². The van der Waals surface area contributed by atoms with Crippen molar-refractivity contribution in [3.8, 4) is 11.5 Å². The molecule has 1 N–H and O–H groups in total. The summed E-state index contributed by atoms with van der Waals surface area (Å²) in [5, 5.41) is 3.91. The molecule has 3 aromatic rings. The number of ether oxygens (including phenoxy) is 3. The van der Waals surface area contributed by atoms with Crippen molar-refractivity contribution in [2.24, 2.45) is 5.10 Å². The average Bonchev–Trinajstić information content (AvgIpc) is 2.91. The Morgan fingerprint density at radius 3 is 2.17 bits per heavy atom. The van der Waals surface area contributed by atoms with Crippen LogP contribution in [0.3, 0.4) is 0 Å². The zero-order valence-electron chi connectivity index (χ0n) is 19.7. The van der Waals surface area contributed by atoms with Crippen molar-refractivity contribution in [3.63, 3.8) is 0 Å². The number of anilines is 1. The Morgan fingerprint density at radius 1 is 0.917 bits per heavy atom. The van der Waals surface area contributed by atoms with Crippen LogP contribution in [0.5, 0.6) is 11.5 Å². The van der Waals surface area contributed by atoms with E-state index >= 15 is 0 Å². The molecule has 0 aromatic heterocycles. The third kappa shape index (κ3) is 7.06. The summed E-state index contributed by atoms with van der Waals surface area (Å²) in [6.45, 7) is -0.701. The molecular formula is C25H25N3O7S. The van der Waals surface area contributed by atoms with Crippen LogP contribution in [0.15, 0.2) is 88.9 Å². The van der Waals surface area contributed by atoms with Gasteiger partial charge in [0.2, 0.25) is 0 Å². The molecule has 1 amide bonds. The zero-order chi connectivity index (χ0) is 26.0. The number of amides is 1. The lowest BCUT2D eigenvalue weighted by molar-refractivity contribution is -0.142. The van der Waals surface area contributed by atoms with E-state index in [1.54, 1.807) is 54.6 Å². The van der Waals surface area contributed by atoms with E-state index in [9.17, 15) is 18.0 Å². The first kappa shape index (κ1) is 26.2. The van der Waals surface area contributed by atoms with Gasteiger partial charge in [-0.2, -0.15) is 5.10 Å². The first-order valence-electron chi connectivity index (χ1n) is 10.7. The van der Waals surface area contributed by atoms with Crippen LogP contribution in [0.2, 0.25) is 0 Å². The van der Waals surface area contributed by atoms with Crippen LogP contribution < -0.4 is 19.2 Å². The Balaban J connectivity index is 1.68. The second-order valence-corrected chi connectivity index (χ2v) is 9.11. The lowest BCUT2D eigenvalue weighted by Crippen LogP contribution is -2.39. The van der Waals surface area contributed by atoms with Crippen molar-refractivity contribution in [2.45, 2.75) is 4.90 Å². The largest absolute Gasteiger partial charge is 0.497 e. The fraction of sp³-hybridized carbons (Fsp3) is 0.160. The summed E-state index contributed by atoms with van der Waals surface area (Å²) in [7, 11) is -1.30. The Bertz CT molecular complexity index is 1290. The van der Waals surface area contributed by atoms with Crippen molar-refractivity contribution < 1.29 is 32.2 Å². The second kappa shape index (κ2) is 12.4. The number of hydrogen-bond acceptors (Lipinski definition) is 8. The van der Waals surface area contributed by atoms with E-state index in [0.29, 0.717) is 22.7 Å². The molecule has 0 fully saturated rings. The van der Waals surface area contributed by atoms with Crippen LogP contribution in [0.25, 0.3) is 0 Å². The average molecular weight is 512 g/mol. The van der Waals surface area contributed by atoms with Crippen molar-refractivity contribution in [2.75, 3.05) is 31.7 Å². The van der Waals surface area contributed by atoms with Gasteiger partial charge in [0.05, 0.1) is 31.0 Å². The second-order valence-electron chi connectivity index (χ2n) is 7.25. The standard InChI is InChI=1S/C25H25N3O7S/c1-33-21-12-14-23(15-13-21)36(31,32)28(20-6-4-3-5-7-20)17-24(29)27-26-16-19-8-10-22(11-9-19)35-18-25(30)34-2/h3-16H,17-18H2,1-2H3,(H,27,29)/b26-16-. The summed E-state index contributed by atoms with van der Waals surface area (Å²) in [5.41, 5.74) is 3.32. The van der Waals surface area contributed by atoms with E-state index in [2.05, 4.69) is 15.3 Å². The maximum atomic E-state index is 13.3. The van der Waals surface area contributed by atoms with Gasteiger partial charge >= 0.3 is 5.97 Å². The van der Waals surface area contributed by atoms with Crippen molar-refractivity contribution >= 4 is 33.8 Å². The fourth-order valence-electron chi connectivity index (χ4n) is 2.98. The highest BCUT2D eigenvalue weighted by Crippen LogP contribution is 2.24. The Morgan fingerprint density at radius 2 is 1.56 bits per heavy atom. The summed E-state index contributed by atoms with van der Waals surface area (Å²) in [6.07, 6.45) is 1.40. The minimum atomic E-state index is -4.05. The highest BCUT2D eigenvalue weighted by molar-refractivity contribution is 7.92. The monoisotopic (exact) mass is 511 g/mol. The van der Waals surface area contributed by atoms with Gasteiger partial charge in [0.25, 0.3) is 15.9 Å². The molecule has 11 heteroatoms. The summed E-state index contributed by atoms with van der Waals surface area (Å²) in [5.74, 6) is -0.161. The molecule has 36 heavy (non-hydrogen) atoms. The Hall–Kier alpha value is -4.38. The van der Waals surface area contributed by atoms with Gasteiger partial charge in [-0.1, -0.05) is 18.2 Å². The van der Waals surface area contributed by atoms with Gasteiger partial charge in [-0.25, -0.2) is 18.6 Å². The number of carbonyl (C=O) groups is 2. The Kier molecular flexibility index (Phi) is 9.01. The van der Waals surface area contributed by atoms with E-state index in [4.69, 9.17) is 9.47 Å². The number of nitrogens with zero attached hydrogens (tertiary/aromatic N) is 2. The minimum absolute atomic E-state index is 0.0120. The fourth-order valence-corrected chi connectivity index (χ4v) is 4.40. The van der Waals surface area contributed by atoms with Gasteiger partial charge in [0.1, 0.15) is 18.0 Å². The van der Waals surface area contributed by atoms with E-state index < -0.39 is 28.4 Å². The van der Waals surface area contributed by atoms with Crippen molar-refractivity contribution in [3.05, 3.63) is 84.4 Å². The maximum absolute atomic E-state index is 13.3. The molecule has 188 valence electrons.